The van der Waals surface area contributed by atoms with Gasteiger partial charge in [-0.25, -0.2) is 0 Å². The van der Waals surface area contributed by atoms with Gasteiger partial charge in [0.2, 0.25) is 0 Å². The molecular weight excluding hydrogens is 426 g/mol. The summed E-state index contributed by atoms with van der Waals surface area (Å²) in [6, 6.07) is 23.2. The number of carbonyl (C=O) groups excluding carboxylic acids is 1. The lowest BCUT2D eigenvalue weighted by molar-refractivity contribution is -0.144. The van der Waals surface area contributed by atoms with E-state index in [2.05, 4.69) is 26.0 Å². The minimum Gasteiger partial charge on any atom is -0.465 e. The largest absolute Gasteiger partial charge is 0.465 e. The highest BCUT2D eigenvalue weighted by atomic mass is 16.5. The first-order valence-electron chi connectivity index (χ1n) is 11.9. The van der Waals surface area contributed by atoms with Crippen molar-refractivity contribution < 1.29 is 19.7 Å². The van der Waals surface area contributed by atoms with Crippen molar-refractivity contribution in [3.05, 3.63) is 101 Å². The zero-order chi connectivity index (χ0) is 24.2. The smallest absolute Gasteiger partial charge is 0.313 e. The Kier molecular flexibility index (Phi) is 7.35. The second-order valence-electron chi connectivity index (χ2n) is 9.43. The van der Waals surface area contributed by atoms with Crippen LogP contribution in [0.25, 0.3) is 0 Å². The Hall–Kier alpha value is -3.15. The maximum atomic E-state index is 12.5. The molecule has 5 heteroatoms. The minimum atomic E-state index is -0.890. The van der Waals surface area contributed by atoms with Crippen LogP contribution in [-0.4, -0.2) is 22.8 Å². The van der Waals surface area contributed by atoms with Crippen molar-refractivity contribution >= 4 is 11.7 Å². The maximum Gasteiger partial charge on any atom is 0.313 e. The number of hydrogen-bond donors (Lipinski definition) is 2. The summed E-state index contributed by atoms with van der Waals surface area (Å²) in [5, 5.41) is 21.3. The van der Waals surface area contributed by atoms with Crippen LogP contribution in [0, 0.1) is 5.92 Å². The van der Waals surface area contributed by atoms with Crippen LogP contribution in [0.2, 0.25) is 0 Å². The number of nitrogens with zero attached hydrogens (tertiary/aromatic N) is 1. The molecule has 3 aromatic rings. The Morgan fingerprint density at radius 2 is 1.41 bits per heavy atom. The number of carbonyl (C=O) groups is 1. The summed E-state index contributed by atoms with van der Waals surface area (Å²) in [6.45, 7) is 6.56. The SMILES string of the molecule is CC(C)Cc1ccc(C(C)C(=O)OCCc2ccc(N3C(O)c4ccccc4C3O)cc2)cc1. The van der Waals surface area contributed by atoms with Gasteiger partial charge in [-0.2, -0.15) is 0 Å². The Balaban J connectivity index is 1.30. The number of ether oxygens (including phenoxy) is 1. The van der Waals surface area contributed by atoms with E-state index in [0.29, 0.717) is 18.9 Å². The van der Waals surface area contributed by atoms with Gasteiger partial charge in [0.15, 0.2) is 12.5 Å². The van der Waals surface area contributed by atoms with Gasteiger partial charge < -0.3 is 19.8 Å². The molecular formula is C29H33NO4. The average molecular weight is 460 g/mol. The van der Waals surface area contributed by atoms with Gasteiger partial charge in [-0.3, -0.25) is 4.79 Å². The van der Waals surface area contributed by atoms with Crippen LogP contribution in [0.15, 0.2) is 72.8 Å². The molecule has 1 aliphatic heterocycles. The Bertz CT molecular complexity index is 1080. The average Bonchev–Trinajstić information content (AvgIpc) is 3.09. The lowest BCUT2D eigenvalue weighted by atomic mass is 9.97. The van der Waals surface area contributed by atoms with Gasteiger partial charge in [0.25, 0.3) is 0 Å². The fraction of sp³-hybridized carbons (Fsp3) is 0.345. The quantitative estimate of drug-likeness (QED) is 0.449. The fourth-order valence-corrected chi connectivity index (χ4v) is 4.48. The highest BCUT2D eigenvalue weighted by molar-refractivity contribution is 5.77. The first-order valence-corrected chi connectivity index (χ1v) is 11.9. The monoisotopic (exact) mass is 459 g/mol. The molecule has 4 rings (SSSR count). The van der Waals surface area contributed by atoms with Crippen LogP contribution in [0.3, 0.4) is 0 Å². The Morgan fingerprint density at radius 1 is 0.853 bits per heavy atom. The summed E-state index contributed by atoms with van der Waals surface area (Å²) in [6.07, 6.45) is -0.157. The first-order chi connectivity index (χ1) is 16.3. The number of anilines is 1. The summed E-state index contributed by atoms with van der Waals surface area (Å²) in [5.41, 5.74) is 5.42. The third-order valence-corrected chi connectivity index (χ3v) is 6.43. The highest BCUT2D eigenvalue weighted by Crippen LogP contribution is 2.42. The topological polar surface area (TPSA) is 70.0 Å². The molecule has 0 radical (unpaired) electrons. The van der Waals surface area contributed by atoms with E-state index in [-0.39, 0.29) is 11.9 Å². The fourth-order valence-electron chi connectivity index (χ4n) is 4.48. The van der Waals surface area contributed by atoms with Gasteiger partial charge in [0.1, 0.15) is 0 Å². The van der Waals surface area contributed by atoms with Crippen molar-refractivity contribution in [1.82, 2.24) is 0 Å². The molecule has 0 spiro atoms. The molecule has 0 amide bonds. The highest BCUT2D eigenvalue weighted by Gasteiger charge is 2.36. The van der Waals surface area contributed by atoms with Crippen LogP contribution >= 0.6 is 0 Å². The van der Waals surface area contributed by atoms with Gasteiger partial charge in [-0.1, -0.05) is 74.5 Å². The molecule has 0 saturated carbocycles. The Morgan fingerprint density at radius 3 is 1.97 bits per heavy atom. The number of aliphatic hydroxyl groups excluding tert-OH is 2. The predicted octanol–water partition coefficient (Wildman–Crippen LogP) is 5.28. The van der Waals surface area contributed by atoms with E-state index in [9.17, 15) is 15.0 Å². The van der Waals surface area contributed by atoms with Crippen LogP contribution in [0.4, 0.5) is 5.69 Å². The number of rotatable bonds is 8. The predicted molar refractivity (Wildman–Crippen MR) is 133 cm³/mol. The standard InChI is InChI=1S/C29H33NO4/c1-19(2)18-22-8-12-23(13-9-22)20(3)29(33)34-17-16-21-10-14-24(15-11-21)30-27(31)25-6-4-5-7-26(25)28(30)32/h4-15,19-20,27-28,31-32H,16-18H2,1-3H3. The molecule has 0 aromatic heterocycles. The molecule has 0 aliphatic carbocycles. The van der Waals surface area contributed by atoms with Crippen LogP contribution < -0.4 is 4.90 Å². The molecule has 3 aromatic carbocycles. The molecule has 3 atom stereocenters. The van der Waals surface area contributed by atoms with E-state index in [1.165, 1.54) is 5.56 Å². The molecule has 0 fully saturated rings. The van der Waals surface area contributed by atoms with Crippen LogP contribution in [-0.2, 0) is 22.4 Å². The van der Waals surface area contributed by atoms with Crippen molar-refractivity contribution in [1.29, 1.82) is 0 Å². The third-order valence-electron chi connectivity index (χ3n) is 6.43. The summed E-state index contributed by atoms with van der Waals surface area (Å²) in [4.78, 5) is 14.1. The molecule has 3 unspecified atom stereocenters. The van der Waals surface area contributed by atoms with E-state index in [1.807, 2.05) is 67.6 Å². The van der Waals surface area contributed by atoms with E-state index < -0.39 is 12.5 Å². The van der Waals surface area contributed by atoms with Crippen molar-refractivity contribution in [2.24, 2.45) is 5.92 Å². The first kappa shape index (κ1) is 24.0. The normalized spacial score (nSPS) is 18.1. The van der Waals surface area contributed by atoms with Gasteiger partial charge in [0, 0.05) is 23.2 Å². The van der Waals surface area contributed by atoms with E-state index in [4.69, 9.17) is 4.74 Å². The van der Waals surface area contributed by atoms with Crippen molar-refractivity contribution in [2.75, 3.05) is 11.5 Å². The number of fused-ring (bicyclic) bond motifs is 1. The number of hydrogen-bond acceptors (Lipinski definition) is 5. The van der Waals surface area contributed by atoms with E-state index >= 15 is 0 Å². The van der Waals surface area contributed by atoms with Gasteiger partial charge in [-0.15, -0.1) is 0 Å². The molecule has 1 heterocycles. The minimum absolute atomic E-state index is 0.227. The Labute approximate surface area is 201 Å². The lowest BCUT2D eigenvalue weighted by Crippen LogP contribution is -2.25. The van der Waals surface area contributed by atoms with Crippen LogP contribution in [0.1, 0.15) is 67.0 Å². The second-order valence-corrected chi connectivity index (χ2v) is 9.43. The summed E-state index contributed by atoms with van der Waals surface area (Å²) in [5.74, 6) is 0.0636. The molecule has 5 nitrogen and oxygen atoms in total. The number of benzene rings is 3. The van der Waals surface area contributed by atoms with Gasteiger partial charge in [-0.05, 0) is 48.1 Å². The summed E-state index contributed by atoms with van der Waals surface area (Å²) in [7, 11) is 0. The molecule has 178 valence electrons. The summed E-state index contributed by atoms with van der Waals surface area (Å²) < 4.78 is 5.53. The third kappa shape index (κ3) is 5.16. The van der Waals surface area contributed by atoms with E-state index in [1.54, 1.807) is 4.90 Å². The molecule has 0 saturated heterocycles. The lowest BCUT2D eigenvalue weighted by Gasteiger charge is -2.26. The van der Waals surface area contributed by atoms with E-state index in [0.717, 1.165) is 34.4 Å². The van der Waals surface area contributed by atoms with Gasteiger partial charge in [0.05, 0.1) is 12.5 Å². The number of esters is 1. The van der Waals surface area contributed by atoms with Crippen LogP contribution in [0.5, 0.6) is 0 Å². The van der Waals surface area contributed by atoms with Gasteiger partial charge >= 0.3 is 5.97 Å². The van der Waals surface area contributed by atoms with Crippen molar-refractivity contribution in [3.63, 3.8) is 0 Å². The van der Waals surface area contributed by atoms with Crippen molar-refractivity contribution in [2.45, 2.75) is 52.0 Å². The molecule has 2 N–H and O–H groups in total. The van der Waals surface area contributed by atoms with Crippen molar-refractivity contribution in [3.8, 4) is 0 Å². The zero-order valence-electron chi connectivity index (χ0n) is 20.0. The molecule has 0 bridgehead atoms. The molecule has 34 heavy (non-hydrogen) atoms. The number of aliphatic hydroxyl groups is 2. The second kappa shape index (κ2) is 10.4. The summed E-state index contributed by atoms with van der Waals surface area (Å²) >= 11 is 0. The molecule has 1 aliphatic rings. The maximum absolute atomic E-state index is 12.5. The zero-order valence-corrected chi connectivity index (χ0v) is 20.0.